The molecular weight excluding hydrogens is 285 g/mol. The number of nitrogens with zero attached hydrogens (tertiary/aromatic N) is 1. The molecule has 1 aromatic heterocycles. The Balaban J connectivity index is 2.23. The summed E-state index contributed by atoms with van der Waals surface area (Å²) in [7, 11) is 0. The SMILES string of the molecule is Cc1c(-c2ccc(F)cc2)cc(C(C)C)nc1-c1ccccc1. The average molecular weight is 305 g/mol. The fraction of sp³-hybridized carbons (Fsp3) is 0.190. The monoisotopic (exact) mass is 305 g/mol. The molecule has 0 atom stereocenters. The lowest BCUT2D eigenvalue weighted by molar-refractivity contribution is 0.628. The molecule has 116 valence electrons. The van der Waals surface area contributed by atoms with Crippen LogP contribution in [0.4, 0.5) is 4.39 Å². The molecule has 23 heavy (non-hydrogen) atoms. The summed E-state index contributed by atoms with van der Waals surface area (Å²) in [5.41, 5.74) is 6.40. The van der Waals surface area contributed by atoms with Crippen LogP contribution in [0.3, 0.4) is 0 Å². The van der Waals surface area contributed by atoms with Gasteiger partial charge in [0.1, 0.15) is 5.82 Å². The van der Waals surface area contributed by atoms with Crippen LogP contribution in [0.15, 0.2) is 60.7 Å². The Morgan fingerprint density at radius 1 is 0.870 bits per heavy atom. The van der Waals surface area contributed by atoms with Crippen LogP contribution in [0.5, 0.6) is 0 Å². The van der Waals surface area contributed by atoms with E-state index in [0.717, 1.165) is 33.6 Å². The van der Waals surface area contributed by atoms with Crippen molar-refractivity contribution in [2.24, 2.45) is 0 Å². The molecule has 0 radical (unpaired) electrons. The molecule has 0 amide bonds. The minimum absolute atomic E-state index is 0.215. The Hall–Kier alpha value is -2.48. The molecule has 1 nitrogen and oxygen atoms in total. The van der Waals surface area contributed by atoms with Crippen molar-refractivity contribution in [2.75, 3.05) is 0 Å². The molecule has 0 fully saturated rings. The maximum Gasteiger partial charge on any atom is 0.123 e. The molecule has 0 saturated carbocycles. The highest BCUT2D eigenvalue weighted by atomic mass is 19.1. The van der Waals surface area contributed by atoms with Gasteiger partial charge in [0, 0.05) is 11.3 Å². The standard InChI is InChI=1S/C21H20FN/c1-14(2)20-13-19(16-9-11-18(22)12-10-16)15(3)21(23-20)17-7-5-4-6-8-17/h4-14H,1-3H3. The quantitative estimate of drug-likeness (QED) is 0.579. The van der Waals surface area contributed by atoms with E-state index in [-0.39, 0.29) is 5.82 Å². The van der Waals surface area contributed by atoms with Crippen LogP contribution in [0.2, 0.25) is 0 Å². The second-order valence-electron chi connectivity index (χ2n) is 6.10. The van der Waals surface area contributed by atoms with E-state index < -0.39 is 0 Å². The number of hydrogen-bond donors (Lipinski definition) is 0. The highest BCUT2D eigenvalue weighted by Gasteiger charge is 2.14. The first-order chi connectivity index (χ1) is 11.1. The van der Waals surface area contributed by atoms with Gasteiger partial charge in [-0.2, -0.15) is 0 Å². The Labute approximate surface area is 136 Å². The summed E-state index contributed by atoms with van der Waals surface area (Å²) in [6.07, 6.45) is 0. The van der Waals surface area contributed by atoms with Crippen LogP contribution >= 0.6 is 0 Å². The zero-order valence-electron chi connectivity index (χ0n) is 13.7. The van der Waals surface area contributed by atoms with E-state index >= 15 is 0 Å². The van der Waals surface area contributed by atoms with Gasteiger partial charge in [0.2, 0.25) is 0 Å². The van der Waals surface area contributed by atoms with Crippen LogP contribution in [0.25, 0.3) is 22.4 Å². The predicted molar refractivity (Wildman–Crippen MR) is 93.9 cm³/mol. The van der Waals surface area contributed by atoms with Crippen LogP contribution in [0.1, 0.15) is 31.0 Å². The second-order valence-corrected chi connectivity index (χ2v) is 6.10. The number of pyridine rings is 1. The van der Waals surface area contributed by atoms with E-state index in [1.807, 2.05) is 30.3 Å². The Morgan fingerprint density at radius 2 is 1.52 bits per heavy atom. The van der Waals surface area contributed by atoms with Crippen molar-refractivity contribution in [1.29, 1.82) is 0 Å². The first kappa shape index (κ1) is 15.4. The zero-order chi connectivity index (χ0) is 16.4. The van der Waals surface area contributed by atoms with Crippen LogP contribution in [-0.2, 0) is 0 Å². The van der Waals surface area contributed by atoms with Crippen molar-refractivity contribution in [3.8, 4) is 22.4 Å². The molecule has 2 heteroatoms. The Bertz CT molecular complexity index is 805. The normalized spacial score (nSPS) is 11.0. The molecule has 0 N–H and O–H groups in total. The van der Waals surface area contributed by atoms with Gasteiger partial charge in [0.05, 0.1) is 5.69 Å². The van der Waals surface area contributed by atoms with Crippen LogP contribution < -0.4 is 0 Å². The molecule has 0 aliphatic heterocycles. The third kappa shape index (κ3) is 3.16. The van der Waals surface area contributed by atoms with Gasteiger partial charge in [-0.05, 0) is 47.7 Å². The molecule has 0 bridgehead atoms. The first-order valence-corrected chi connectivity index (χ1v) is 7.89. The van der Waals surface area contributed by atoms with Crippen molar-refractivity contribution >= 4 is 0 Å². The summed E-state index contributed by atoms with van der Waals surface area (Å²) in [5, 5.41) is 0. The summed E-state index contributed by atoms with van der Waals surface area (Å²) in [6, 6.07) is 19.0. The van der Waals surface area contributed by atoms with Crippen molar-refractivity contribution in [2.45, 2.75) is 26.7 Å². The molecule has 2 aromatic carbocycles. The minimum atomic E-state index is -0.215. The lowest BCUT2D eigenvalue weighted by Crippen LogP contribution is -2.00. The Kier molecular flexibility index (Phi) is 4.24. The minimum Gasteiger partial charge on any atom is -0.252 e. The van der Waals surface area contributed by atoms with Crippen molar-refractivity contribution in [3.05, 3.63) is 77.7 Å². The molecule has 0 aliphatic carbocycles. The number of aromatic nitrogens is 1. The number of halogens is 1. The summed E-state index contributed by atoms with van der Waals surface area (Å²) in [4.78, 5) is 4.87. The van der Waals surface area contributed by atoms with Gasteiger partial charge in [0.15, 0.2) is 0 Å². The second kappa shape index (κ2) is 6.33. The molecular formula is C21H20FN. The molecule has 3 aromatic rings. The van der Waals surface area contributed by atoms with Gasteiger partial charge in [-0.15, -0.1) is 0 Å². The zero-order valence-corrected chi connectivity index (χ0v) is 13.7. The van der Waals surface area contributed by atoms with Gasteiger partial charge < -0.3 is 0 Å². The lowest BCUT2D eigenvalue weighted by atomic mass is 9.94. The summed E-state index contributed by atoms with van der Waals surface area (Å²) < 4.78 is 13.2. The van der Waals surface area contributed by atoms with E-state index in [0.29, 0.717) is 5.92 Å². The molecule has 0 unspecified atom stereocenters. The van der Waals surface area contributed by atoms with Crippen molar-refractivity contribution in [1.82, 2.24) is 4.98 Å². The maximum absolute atomic E-state index is 13.2. The van der Waals surface area contributed by atoms with E-state index in [4.69, 9.17) is 4.98 Å². The third-order valence-corrected chi connectivity index (χ3v) is 4.09. The number of benzene rings is 2. The topological polar surface area (TPSA) is 12.9 Å². The maximum atomic E-state index is 13.2. The van der Waals surface area contributed by atoms with Gasteiger partial charge in [-0.1, -0.05) is 56.3 Å². The average Bonchev–Trinajstić information content (AvgIpc) is 2.56. The first-order valence-electron chi connectivity index (χ1n) is 7.89. The van der Waals surface area contributed by atoms with Crippen LogP contribution in [0, 0.1) is 12.7 Å². The molecule has 1 heterocycles. The number of hydrogen-bond acceptors (Lipinski definition) is 1. The highest BCUT2D eigenvalue weighted by Crippen LogP contribution is 2.33. The van der Waals surface area contributed by atoms with E-state index in [2.05, 4.69) is 39.0 Å². The summed E-state index contributed by atoms with van der Waals surface area (Å²) >= 11 is 0. The molecule has 3 rings (SSSR count). The third-order valence-electron chi connectivity index (χ3n) is 4.09. The molecule has 0 saturated heterocycles. The van der Waals surface area contributed by atoms with Gasteiger partial charge in [-0.25, -0.2) is 4.39 Å². The molecule has 0 aliphatic rings. The number of rotatable bonds is 3. The molecule has 0 spiro atoms. The van der Waals surface area contributed by atoms with Gasteiger partial charge >= 0.3 is 0 Å². The fourth-order valence-electron chi connectivity index (χ4n) is 2.73. The van der Waals surface area contributed by atoms with E-state index in [9.17, 15) is 4.39 Å². The summed E-state index contributed by atoms with van der Waals surface area (Å²) in [6.45, 7) is 6.36. The summed E-state index contributed by atoms with van der Waals surface area (Å²) in [5.74, 6) is 0.116. The lowest BCUT2D eigenvalue weighted by Gasteiger charge is -2.16. The van der Waals surface area contributed by atoms with Crippen molar-refractivity contribution in [3.63, 3.8) is 0 Å². The van der Waals surface area contributed by atoms with Gasteiger partial charge in [0.25, 0.3) is 0 Å². The predicted octanol–water partition coefficient (Wildman–Crippen LogP) is 5.99. The Morgan fingerprint density at radius 3 is 2.13 bits per heavy atom. The van der Waals surface area contributed by atoms with Gasteiger partial charge in [-0.3, -0.25) is 4.98 Å². The fourth-order valence-corrected chi connectivity index (χ4v) is 2.73. The smallest absolute Gasteiger partial charge is 0.123 e. The van der Waals surface area contributed by atoms with Crippen LogP contribution in [-0.4, -0.2) is 4.98 Å². The highest BCUT2D eigenvalue weighted by molar-refractivity contribution is 5.76. The largest absolute Gasteiger partial charge is 0.252 e. The van der Waals surface area contributed by atoms with E-state index in [1.54, 1.807) is 0 Å². The van der Waals surface area contributed by atoms with E-state index in [1.165, 1.54) is 12.1 Å². The van der Waals surface area contributed by atoms with Crippen molar-refractivity contribution < 1.29 is 4.39 Å².